The third kappa shape index (κ3) is 8.36. The van der Waals surface area contributed by atoms with Gasteiger partial charge in [0.25, 0.3) is 0 Å². The van der Waals surface area contributed by atoms with Gasteiger partial charge in [-0.2, -0.15) is 0 Å². The molecule has 0 bridgehead atoms. The SMILES string of the molecule is CC(C)OC(=O)[C@H](CCC(=O)C=N)NC(=O)C[C@H](C)O. The van der Waals surface area contributed by atoms with Gasteiger partial charge >= 0.3 is 5.97 Å². The predicted octanol–water partition coefficient (Wildman–Crippen LogP) is 0.193. The molecule has 2 atom stereocenters. The number of hydrogen-bond donors (Lipinski definition) is 3. The van der Waals surface area contributed by atoms with Crippen LogP contribution in [-0.4, -0.2) is 47.2 Å². The molecule has 1 amide bonds. The number of amides is 1. The summed E-state index contributed by atoms with van der Waals surface area (Å²) in [5.74, 6) is -1.55. The van der Waals surface area contributed by atoms with Crippen LogP contribution in [-0.2, 0) is 19.1 Å². The highest BCUT2D eigenvalue weighted by molar-refractivity contribution is 6.26. The van der Waals surface area contributed by atoms with Crippen LogP contribution in [0.25, 0.3) is 0 Å². The summed E-state index contributed by atoms with van der Waals surface area (Å²) in [5, 5.41) is 18.3. The minimum Gasteiger partial charge on any atom is -0.461 e. The Morgan fingerprint density at radius 2 is 1.90 bits per heavy atom. The van der Waals surface area contributed by atoms with Gasteiger partial charge in [0.15, 0.2) is 5.78 Å². The molecule has 0 aliphatic carbocycles. The van der Waals surface area contributed by atoms with E-state index in [0.717, 1.165) is 0 Å². The second-order valence-corrected chi connectivity index (χ2v) is 4.81. The highest BCUT2D eigenvalue weighted by Crippen LogP contribution is 2.04. The van der Waals surface area contributed by atoms with Crippen LogP contribution < -0.4 is 5.32 Å². The van der Waals surface area contributed by atoms with Crippen molar-refractivity contribution in [3.63, 3.8) is 0 Å². The van der Waals surface area contributed by atoms with Gasteiger partial charge in [0.2, 0.25) is 5.91 Å². The van der Waals surface area contributed by atoms with Crippen molar-refractivity contribution in [2.24, 2.45) is 0 Å². The first-order valence-electron chi connectivity index (χ1n) is 6.47. The summed E-state index contributed by atoms with van der Waals surface area (Å²) >= 11 is 0. The van der Waals surface area contributed by atoms with Gasteiger partial charge in [0, 0.05) is 6.42 Å². The van der Waals surface area contributed by atoms with Gasteiger partial charge in [0.05, 0.1) is 24.8 Å². The lowest BCUT2D eigenvalue weighted by molar-refractivity contribution is -0.151. The Morgan fingerprint density at radius 1 is 1.30 bits per heavy atom. The van der Waals surface area contributed by atoms with Crippen molar-refractivity contribution in [3.8, 4) is 0 Å². The van der Waals surface area contributed by atoms with Gasteiger partial charge in [-0.15, -0.1) is 0 Å². The Morgan fingerprint density at radius 3 is 2.35 bits per heavy atom. The van der Waals surface area contributed by atoms with Crippen LogP contribution in [0.5, 0.6) is 0 Å². The standard InChI is InChI=1S/C13H22N2O5/c1-8(2)20-13(19)11(5-4-10(17)7-14)15-12(18)6-9(3)16/h7-9,11,14,16H,4-6H2,1-3H3,(H,15,18)/t9-,11-/m0/s1. The fraction of sp³-hybridized carbons (Fsp3) is 0.692. The van der Waals surface area contributed by atoms with Crippen molar-refractivity contribution in [2.45, 2.75) is 58.3 Å². The van der Waals surface area contributed by atoms with Crippen LogP contribution in [0, 0.1) is 5.41 Å². The fourth-order valence-corrected chi connectivity index (χ4v) is 1.44. The summed E-state index contributed by atoms with van der Waals surface area (Å²) in [6.45, 7) is 4.81. The van der Waals surface area contributed by atoms with Gasteiger partial charge in [-0.3, -0.25) is 9.59 Å². The molecule has 0 fully saturated rings. The van der Waals surface area contributed by atoms with E-state index in [2.05, 4.69) is 5.32 Å². The van der Waals surface area contributed by atoms with E-state index in [-0.39, 0.29) is 25.4 Å². The van der Waals surface area contributed by atoms with Crippen molar-refractivity contribution in [1.29, 1.82) is 5.41 Å². The van der Waals surface area contributed by atoms with Crippen LogP contribution in [0.4, 0.5) is 0 Å². The Hall–Kier alpha value is -1.76. The molecule has 7 nitrogen and oxygen atoms in total. The van der Waals surface area contributed by atoms with Gasteiger partial charge in [0.1, 0.15) is 6.04 Å². The molecule has 0 aliphatic heterocycles. The molecular formula is C13H22N2O5. The van der Waals surface area contributed by atoms with Crippen molar-refractivity contribution >= 4 is 23.9 Å². The average molecular weight is 286 g/mol. The van der Waals surface area contributed by atoms with Crippen molar-refractivity contribution < 1.29 is 24.2 Å². The average Bonchev–Trinajstić information content (AvgIpc) is 2.31. The lowest BCUT2D eigenvalue weighted by Crippen LogP contribution is -2.43. The second kappa shape index (κ2) is 9.19. The Kier molecular flexibility index (Phi) is 8.38. The molecule has 3 N–H and O–H groups in total. The number of hydrogen-bond acceptors (Lipinski definition) is 6. The zero-order valence-corrected chi connectivity index (χ0v) is 12.0. The summed E-state index contributed by atoms with van der Waals surface area (Å²) in [4.78, 5) is 34.4. The van der Waals surface area contributed by atoms with Crippen LogP contribution in [0.1, 0.15) is 40.0 Å². The van der Waals surface area contributed by atoms with Crippen molar-refractivity contribution in [3.05, 3.63) is 0 Å². The molecule has 114 valence electrons. The number of Topliss-reactive ketones (excluding diaryl/α,β-unsaturated/α-hetero) is 1. The quantitative estimate of drug-likeness (QED) is 0.413. The largest absolute Gasteiger partial charge is 0.461 e. The van der Waals surface area contributed by atoms with Crippen LogP contribution in [0.2, 0.25) is 0 Å². The first-order valence-corrected chi connectivity index (χ1v) is 6.47. The smallest absolute Gasteiger partial charge is 0.328 e. The topological polar surface area (TPSA) is 117 Å². The summed E-state index contributed by atoms with van der Waals surface area (Å²) in [7, 11) is 0. The minimum absolute atomic E-state index is 0.0314. The highest BCUT2D eigenvalue weighted by Gasteiger charge is 2.24. The summed E-state index contributed by atoms with van der Waals surface area (Å²) in [6, 6.07) is -0.951. The number of ketones is 1. The number of aliphatic hydroxyl groups excluding tert-OH is 1. The summed E-state index contributed by atoms with van der Waals surface area (Å²) < 4.78 is 5.00. The van der Waals surface area contributed by atoms with E-state index in [9.17, 15) is 14.4 Å². The molecule has 0 rings (SSSR count). The van der Waals surface area contributed by atoms with Crippen LogP contribution >= 0.6 is 0 Å². The van der Waals surface area contributed by atoms with Gasteiger partial charge in [-0.1, -0.05) is 0 Å². The van der Waals surface area contributed by atoms with E-state index in [1.807, 2.05) is 0 Å². The molecule has 0 radical (unpaired) electrons. The molecule has 0 aromatic rings. The fourth-order valence-electron chi connectivity index (χ4n) is 1.44. The highest BCUT2D eigenvalue weighted by atomic mass is 16.5. The third-order valence-corrected chi connectivity index (χ3v) is 2.29. The summed E-state index contributed by atoms with van der Waals surface area (Å²) in [6.07, 6.45) is -0.592. The van der Waals surface area contributed by atoms with Gasteiger partial charge in [-0.05, 0) is 27.2 Å². The number of nitrogens with one attached hydrogen (secondary N) is 2. The molecule has 0 spiro atoms. The maximum atomic E-state index is 11.8. The monoisotopic (exact) mass is 286 g/mol. The second-order valence-electron chi connectivity index (χ2n) is 4.81. The Balaban J connectivity index is 4.60. The third-order valence-electron chi connectivity index (χ3n) is 2.29. The molecule has 0 saturated carbocycles. The number of ether oxygens (including phenoxy) is 1. The van der Waals surface area contributed by atoms with E-state index < -0.39 is 29.8 Å². The van der Waals surface area contributed by atoms with E-state index in [1.54, 1.807) is 13.8 Å². The Bertz CT molecular complexity index is 366. The first-order chi connectivity index (χ1) is 9.26. The molecule has 0 heterocycles. The number of esters is 1. The first kappa shape index (κ1) is 18.2. The molecule has 7 heteroatoms. The molecule has 0 saturated heterocycles. The van der Waals surface area contributed by atoms with Gasteiger partial charge < -0.3 is 20.6 Å². The minimum atomic E-state index is -0.951. The molecule has 0 aromatic carbocycles. The maximum Gasteiger partial charge on any atom is 0.328 e. The maximum absolute atomic E-state index is 11.8. The molecule has 20 heavy (non-hydrogen) atoms. The Labute approximate surface area is 118 Å². The number of aliphatic hydroxyl groups is 1. The number of rotatable bonds is 9. The van der Waals surface area contributed by atoms with Crippen molar-refractivity contribution in [2.75, 3.05) is 0 Å². The number of carbonyl (C=O) groups excluding carboxylic acids is 3. The summed E-state index contributed by atoms with van der Waals surface area (Å²) in [5.41, 5.74) is 0. The van der Waals surface area contributed by atoms with E-state index in [4.69, 9.17) is 15.3 Å². The van der Waals surface area contributed by atoms with E-state index in [1.165, 1.54) is 6.92 Å². The lowest BCUT2D eigenvalue weighted by atomic mass is 10.1. The predicted molar refractivity (Wildman–Crippen MR) is 72.5 cm³/mol. The normalized spacial score (nSPS) is 13.4. The van der Waals surface area contributed by atoms with Crippen LogP contribution in [0.3, 0.4) is 0 Å². The lowest BCUT2D eigenvalue weighted by Gasteiger charge is -2.19. The van der Waals surface area contributed by atoms with Crippen LogP contribution in [0.15, 0.2) is 0 Å². The molecule has 0 unspecified atom stereocenters. The molecule has 0 aromatic heterocycles. The van der Waals surface area contributed by atoms with Crippen molar-refractivity contribution in [1.82, 2.24) is 5.32 Å². The molecule has 0 aliphatic rings. The number of carbonyl (C=O) groups is 3. The van der Waals surface area contributed by atoms with E-state index in [0.29, 0.717) is 6.21 Å². The zero-order valence-electron chi connectivity index (χ0n) is 12.0. The van der Waals surface area contributed by atoms with E-state index >= 15 is 0 Å². The molecular weight excluding hydrogens is 264 g/mol. The van der Waals surface area contributed by atoms with Gasteiger partial charge in [-0.25, -0.2) is 4.79 Å². The zero-order chi connectivity index (χ0) is 15.7.